The normalized spacial score (nSPS) is 10.8. The van der Waals surface area contributed by atoms with Crippen LogP contribution in [0, 0.1) is 0 Å². The van der Waals surface area contributed by atoms with Crippen molar-refractivity contribution >= 4 is 27.9 Å². The lowest BCUT2D eigenvalue weighted by Gasteiger charge is -2.12. The van der Waals surface area contributed by atoms with Gasteiger partial charge in [-0.1, -0.05) is 12.1 Å². The van der Waals surface area contributed by atoms with Gasteiger partial charge in [0, 0.05) is 44.1 Å². The van der Waals surface area contributed by atoms with Crippen LogP contribution in [0.15, 0.2) is 42.0 Å². The number of fused-ring (bicyclic) bond motifs is 1. The summed E-state index contributed by atoms with van der Waals surface area (Å²) in [5.41, 5.74) is 3.03. The van der Waals surface area contributed by atoms with Crippen LogP contribution in [0.1, 0.15) is 11.3 Å². The summed E-state index contributed by atoms with van der Waals surface area (Å²) >= 11 is 1.57. The number of carbonyl (C=O) groups excluding carboxylic acids is 1. The highest BCUT2D eigenvalue weighted by atomic mass is 32.1. The summed E-state index contributed by atoms with van der Waals surface area (Å²) in [6.07, 6.45) is 4.15. The van der Waals surface area contributed by atoms with Crippen molar-refractivity contribution < 1.29 is 4.79 Å². The fourth-order valence-electron chi connectivity index (χ4n) is 2.20. The molecule has 0 bridgehead atoms. The van der Waals surface area contributed by atoms with Crippen LogP contribution >= 0.6 is 11.3 Å². The van der Waals surface area contributed by atoms with Gasteiger partial charge in [-0.15, -0.1) is 11.3 Å². The summed E-state index contributed by atoms with van der Waals surface area (Å²) in [5, 5.41) is 4.91. The Labute approximate surface area is 133 Å². The van der Waals surface area contributed by atoms with Gasteiger partial charge in [0.2, 0.25) is 5.91 Å². The molecule has 0 saturated heterocycles. The molecule has 5 nitrogen and oxygen atoms in total. The second-order valence-corrected chi connectivity index (χ2v) is 6.21. The van der Waals surface area contributed by atoms with Crippen molar-refractivity contribution in [3.63, 3.8) is 0 Å². The number of nitrogens with zero attached hydrogens (tertiary/aromatic N) is 3. The molecule has 0 aliphatic rings. The van der Waals surface area contributed by atoms with Crippen molar-refractivity contribution in [1.29, 1.82) is 0 Å². The van der Waals surface area contributed by atoms with Crippen LogP contribution in [0.5, 0.6) is 0 Å². The molecule has 0 fully saturated rings. The fraction of sp³-hybridized carbons (Fsp3) is 0.250. The summed E-state index contributed by atoms with van der Waals surface area (Å²) < 4.78 is 1.94. The molecule has 1 aromatic carbocycles. The van der Waals surface area contributed by atoms with E-state index in [1.54, 1.807) is 11.3 Å². The molecule has 22 heavy (non-hydrogen) atoms. The van der Waals surface area contributed by atoms with Crippen molar-refractivity contribution in [2.45, 2.75) is 13.0 Å². The fourth-order valence-corrected chi connectivity index (χ4v) is 2.92. The number of benzene rings is 1. The molecule has 0 aliphatic heterocycles. The zero-order valence-electron chi connectivity index (χ0n) is 12.6. The lowest BCUT2D eigenvalue weighted by Crippen LogP contribution is -2.24. The second-order valence-electron chi connectivity index (χ2n) is 5.34. The summed E-state index contributed by atoms with van der Waals surface area (Å²) in [6.45, 7) is 0.536. The lowest BCUT2D eigenvalue weighted by atomic mass is 10.2. The van der Waals surface area contributed by atoms with Crippen LogP contribution in [-0.4, -0.2) is 29.4 Å². The van der Waals surface area contributed by atoms with Crippen LogP contribution in [0.2, 0.25) is 0 Å². The number of imidazole rings is 1. The third-order valence-corrected chi connectivity index (χ3v) is 4.20. The third-order valence-electron chi connectivity index (χ3n) is 3.43. The lowest BCUT2D eigenvalue weighted by molar-refractivity contribution is -0.120. The maximum atomic E-state index is 12.0. The molecule has 0 spiro atoms. The summed E-state index contributed by atoms with van der Waals surface area (Å²) in [6, 6.07) is 8.15. The number of carbonyl (C=O) groups is 1. The van der Waals surface area contributed by atoms with Gasteiger partial charge in [0.15, 0.2) is 4.96 Å². The smallest absolute Gasteiger partial charge is 0.226 e. The van der Waals surface area contributed by atoms with E-state index in [9.17, 15) is 4.79 Å². The largest absolute Gasteiger partial charge is 0.378 e. The van der Waals surface area contributed by atoms with Gasteiger partial charge in [0.25, 0.3) is 0 Å². The Hall–Kier alpha value is -2.34. The van der Waals surface area contributed by atoms with Gasteiger partial charge in [0.1, 0.15) is 0 Å². The number of hydrogen-bond acceptors (Lipinski definition) is 4. The topological polar surface area (TPSA) is 49.6 Å². The average molecular weight is 314 g/mol. The number of hydrogen-bond donors (Lipinski definition) is 1. The molecule has 6 heteroatoms. The van der Waals surface area contributed by atoms with Crippen molar-refractivity contribution in [2.75, 3.05) is 19.0 Å². The predicted molar refractivity (Wildman–Crippen MR) is 89.4 cm³/mol. The van der Waals surface area contributed by atoms with Crippen molar-refractivity contribution in [3.05, 3.63) is 53.3 Å². The zero-order chi connectivity index (χ0) is 15.5. The minimum Gasteiger partial charge on any atom is -0.378 e. The van der Waals surface area contributed by atoms with E-state index >= 15 is 0 Å². The molecule has 0 atom stereocenters. The Morgan fingerprint density at radius 1 is 1.32 bits per heavy atom. The Morgan fingerprint density at radius 3 is 2.77 bits per heavy atom. The van der Waals surface area contributed by atoms with Crippen molar-refractivity contribution in [2.24, 2.45) is 0 Å². The number of nitrogens with one attached hydrogen (secondary N) is 1. The first-order valence-corrected chi connectivity index (χ1v) is 7.94. The summed E-state index contributed by atoms with van der Waals surface area (Å²) in [5.74, 6) is -0.0116. The Morgan fingerprint density at radius 2 is 2.09 bits per heavy atom. The highest BCUT2D eigenvalue weighted by molar-refractivity contribution is 7.15. The molecule has 3 aromatic rings. The first-order chi connectivity index (χ1) is 10.6. The van der Waals surface area contributed by atoms with Crippen molar-refractivity contribution in [3.8, 4) is 0 Å². The number of amides is 1. The molecule has 0 aliphatic carbocycles. The monoisotopic (exact) mass is 314 g/mol. The van der Waals surface area contributed by atoms with Gasteiger partial charge >= 0.3 is 0 Å². The van der Waals surface area contributed by atoms with E-state index in [1.165, 1.54) is 0 Å². The second kappa shape index (κ2) is 6.19. The third kappa shape index (κ3) is 3.28. The molecule has 0 radical (unpaired) electrons. The number of rotatable bonds is 5. The van der Waals surface area contributed by atoms with Gasteiger partial charge < -0.3 is 10.2 Å². The molecular formula is C16H18N4OS. The van der Waals surface area contributed by atoms with E-state index in [2.05, 4.69) is 10.3 Å². The highest BCUT2D eigenvalue weighted by Crippen LogP contribution is 2.13. The van der Waals surface area contributed by atoms with E-state index in [0.717, 1.165) is 21.9 Å². The zero-order valence-corrected chi connectivity index (χ0v) is 13.4. The Bertz CT molecular complexity index is 744. The minimum atomic E-state index is -0.0116. The molecule has 2 heterocycles. The minimum absolute atomic E-state index is 0.0116. The molecule has 3 rings (SSSR count). The summed E-state index contributed by atoms with van der Waals surface area (Å²) in [4.78, 5) is 19.4. The molecule has 1 N–H and O–H groups in total. The quantitative estimate of drug-likeness (QED) is 0.786. The SMILES string of the molecule is CN(C)c1ccc(CNC(=O)Cc2cn3ccsc3n2)cc1. The standard InChI is InChI=1S/C16H18N4OS/c1-19(2)14-5-3-12(4-6-14)10-17-15(21)9-13-11-20-7-8-22-16(20)18-13/h3-8,11H,9-10H2,1-2H3,(H,17,21). The Kier molecular flexibility index (Phi) is 4.11. The van der Waals surface area contributed by atoms with Gasteiger partial charge in [-0.25, -0.2) is 4.98 Å². The molecule has 2 aromatic heterocycles. The van der Waals surface area contributed by atoms with Crippen LogP contribution < -0.4 is 10.2 Å². The van der Waals surface area contributed by atoms with Gasteiger partial charge in [0.05, 0.1) is 12.1 Å². The molecular weight excluding hydrogens is 296 g/mol. The van der Waals surface area contributed by atoms with Crippen LogP contribution in [0.3, 0.4) is 0 Å². The van der Waals surface area contributed by atoms with Crippen LogP contribution in [-0.2, 0) is 17.8 Å². The molecule has 0 unspecified atom stereocenters. The van der Waals surface area contributed by atoms with Gasteiger partial charge in [-0.2, -0.15) is 0 Å². The first-order valence-electron chi connectivity index (χ1n) is 7.06. The van der Waals surface area contributed by atoms with Gasteiger partial charge in [-0.05, 0) is 17.7 Å². The molecule has 1 amide bonds. The summed E-state index contributed by atoms with van der Waals surface area (Å²) in [7, 11) is 4.01. The number of anilines is 1. The average Bonchev–Trinajstić information content (AvgIpc) is 3.06. The van der Waals surface area contributed by atoms with Crippen LogP contribution in [0.25, 0.3) is 4.96 Å². The van der Waals surface area contributed by atoms with E-state index < -0.39 is 0 Å². The number of aromatic nitrogens is 2. The van der Waals surface area contributed by atoms with E-state index in [-0.39, 0.29) is 5.91 Å². The Balaban J connectivity index is 1.54. The van der Waals surface area contributed by atoms with E-state index in [4.69, 9.17) is 0 Å². The van der Waals surface area contributed by atoms with Gasteiger partial charge in [-0.3, -0.25) is 9.20 Å². The first kappa shape index (κ1) is 14.6. The van der Waals surface area contributed by atoms with Crippen LogP contribution in [0.4, 0.5) is 5.69 Å². The maximum Gasteiger partial charge on any atom is 0.226 e. The molecule has 0 saturated carbocycles. The number of thiazole rings is 1. The van der Waals surface area contributed by atoms with E-state index in [1.807, 2.05) is 65.4 Å². The maximum absolute atomic E-state index is 12.0. The predicted octanol–water partition coefficient (Wildman–Crippen LogP) is 2.32. The van der Waals surface area contributed by atoms with E-state index in [0.29, 0.717) is 13.0 Å². The van der Waals surface area contributed by atoms with Crippen molar-refractivity contribution in [1.82, 2.24) is 14.7 Å². The molecule has 114 valence electrons. The highest BCUT2D eigenvalue weighted by Gasteiger charge is 2.08.